The van der Waals surface area contributed by atoms with Gasteiger partial charge < -0.3 is 0 Å². The molecule has 114 valence electrons. The SMILES string of the molecule is CCCCCCCC1CSC(c2ccc(C#N)cc2)SC1. The fourth-order valence-corrected chi connectivity index (χ4v) is 5.82. The van der Waals surface area contributed by atoms with Crippen LogP contribution < -0.4 is 0 Å². The van der Waals surface area contributed by atoms with Gasteiger partial charge in [-0.05, 0) is 41.5 Å². The van der Waals surface area contributed by atoms with Crippen LogP contribution >= 0.6 is 23.5 Å². The molecule has 0 atom stereocenters. The molecule has 0 saturated carbocycles. The lowest BCUT2D eigenvalue weighted by Gasteiger charge is -2.28. The van der Waals surface area contributed by atoms with Crippen molar-refractivity contribution in [1.29, 1.82) is 5.26 Å². The summed E-state index contributed by atoms with van der Waals surface area (Å²) in [5.41, 5.74) is 2.12. The maximum Gasteiger partial charge on any atom is 0.0991 e. The van der Waals surface area contributed by atoms with Crippen LogP contribution in [0.25, 0.3) is 0 Å². The third-order valence-electron chi connectivity index (χ3n) is 3.99. The molecule has 21 heavy (non-hydrogen) atoms. The average molecular weight is 320 g/mol. The number of thioether (sulfide) groups is 2. The molecule has 0 aliphatic carbocycles. The van der Waals surface area contributed by atoms with Crippen molar-refractivity contribution in [2.24, 2.45) is 5.92 Å². The number of hydrogen-bond acceptors (Lipinski definition) is 3. The van der Waals surface area contributed by atoms with E-state index in [1.165, 1.54) is 55.6 Å². The summed E-state index contributed by atoms with van der Waals surface area (Å²) in [6.45, 7) is 2.28. The first-order chi connectivity index (χ1) is 10.3. The van der Waals surface area contributed by atoms with Gasteiger partial charge in [-0.3, -0.25) is 0 Å². The second-order valence-corrected chi connectivity index (χ2v) is 8.38. The first-order valence-corrected chi connectivity index (χ1v) is 10.2. The zero-order chi connectivity index (χ0) is 14.9. The van der Waals surface area contributed by atoms with Crippen molar-refractivity contribution in [2.45, 2.75) is 50.0 Å². The molecule has 0 spiro atoms. The van der Waals surface area contributed by atoms with E-state index >= 15 is 0 Å². The average Bonchev–Trinajstić information content (AvgIpc) is 2.55. The van der Waals surface area contributed by atoms with E-state index in [9.17, 15) is 0 Å². The Kier molecular flexibility index (Phi) is 7.53. The number of unbranched alkanes of at least 4 members (excludes halogenated alkanes) is 4. The van der Waals surface area contributed by atoms with Gasteiger partial charge in [0.05, 0.1) is 16.2 Å². The van der Waals surface area contributed by atoms with Gasteiger partial charge in [-0.15, -0.1) is 23.5 Å². The van der Waals surface area contributed by atoms with E-state index in [1.54, 1.807) is 0 Å². The summed E-state index contributed by atoms with van der Waals surface area (Å²) in [5, 5.41) is 8.85. The maximum atomic E-state index is 8.85. The van der Waals surface area contributed by atoms with Crippen molar-refractivity contribution in [3.8, 4) is 6.07 Å². The lowest BCUT2D eigenvalue weighted by Crippen LogP contribution is -2.14. The predicted molar refractivity (Wildman–Crippen MR) is 95.7 cm³/mol. The fraction of sp³-hybridized carbons (Fsp3) is 0.611. The van der Waals surface area contributed by atoms with Crippen molar-refractivity contribution in [2.75, 3.05) is 11.5 Å². The van der Waals surface area contributed by atoms with Gasteiger partial charge in [0.25, 0.3) is 0 Å². The maximum absolute atomic E-state index is 8.85. The molecule has 1 aromatic carbocycles. The predicted octanol–water partition coefficient (Wildman–Crippen LogP) is 6.01. The second kappa shape index (κ2) is 9.43. The number of nitriles is 1. The molecule has 1 fully saturated rings. The molecule has 3 heteroatoms. The zero-order valence-corrected chi connectivity index (χ0v) is 14.5. The highest BCUT2D eigenvalue weighted by Crippen LogP contribution is 2.46. The molecule has 0 amide bonds. The number of hydrogen-bond donors (Lipinski definition) is 0. The van der Waals surface area contributed by atoms with E-state index < -0.39 is 0 Å². The highest BCUT2D eigenvalue weighted by Gasteiger charge is 2.22. The molecule has 0 aromatic heterocycles. The smallest absolute Gasteiger partial charge is 0.0991 e. The van der Waals surface area contributed by atoms with E-state index in [0.29, 0.717) is 4.58 Å². The molecule has 0 radical (unpaired) electrons. The van der Waals surface area contributed by atoms with Crippen LogP contribution in [-0.2, 0) is 0 Å². The van der Waals surface area contributed by atoms with Crippen LogP contribution in [0.15, 0.2) is 24.3 Å². The van der Waals surface area contributed by atoms with E-state index in [2.05, 4.69) is 48.6 Å². The summed E-state index contributed by atoms with van der Waals surface area (Å²) in [4.78, 5) is 0. The van der Waals surface area contributed by atoms with Gasteiger partial charge in [0.2, 0.25) is 0 Å². The molecule has 1 aliphatic heterocycles. The Hall–Kier alpha value is -0.590. The quantitative estimate of drug-likeness (QED) is 0.575. The highest BCUT2D eigenvalue weighted by molar-refractivity contribution is 8.16. The molecule has 2 rings (SSSR count). The Morgan fingerprint density at radius 2 is 1.71 bits per heavy atom. The number of nitrogens with zero attached hydrogens (tertiary/aromatic N) is 1. The largest absolute Gasteiger partial charge is 0.192 e. The lowest BCUT2D eigenvalue weighted by molar-refractivity contribution is 0.528. The van der Waals surface area contributed by atoms with Crippen molar-refractivity contribution in [3.63, 3.8) is 0 Å². The summed E-state index contributed by atoms with van der Waals surface area (Å²) in [6, 6.07) is 10.3. The van der Waals surface area contributed by atoms with E-state index in [1.807, 2.05) is 12.1 Å². The first kappa shape index (κ1) is 16.8. The van der Waals surface area contributed by atoms with Crippen LogP contribution in [0.4, 0.5) is 0 Å². The first-order valence-electron chi connectivity index (χ1n) is 8.06. The minimum atomic E-state index is 0.564. The van der Waals surface area contributed by atoms with Crippen LogP contribution in [0, 0.1) is 17.2 Å². The van der Waals surface area contributed by atoms with Crippen LogP contribution in [0.1, 0.15) is 61.2 Å². The topological polar surface area (TPSA) is 23.8 Å². The van der Waals surface area contributed by atoms with E-state index in [-0.39, 0.29) is 0 Å². The summed E-state index contributed by atoms with van der Waals surface area (Å²) in [6.07, 6.45) is 8.38. The Bertz CT molecular complexity index is 441. The van der Waals surface area contributed by atoms with Crippen LogP contribution in [-0.4, -0.2) is 11.5 Å². The third kappa shape index (κ3) is 5.60. The number of rotatable bonds is 7. The van der Waals surface area contributed by atoms with Crippen molar-refractivity contribution in [1.82, 2.24) is 0 Å². The van der Waals surface area contributed by atoms with Crippen molar-refractivity contribution >= 4 is 23.5 Å². The molecule has 1 heterocycles. The van der Waals surface area contributed by atoms with Crippen molar-refractivity contribution in [3.05, 3.63) is 35.4 Å². The molecule has 1 aromatic rings. The molecular formula is C18H25NS2. The van der Waals surface area contributed by atoms with Gasteiger partial charge in [0.15, 0.2) is 0 Å². The fourth-order valence-electron chi connectivity index (χ4n) is 2.65. The molecule has 1 saturated heterocycles. The molecule has 0 bridgehead atoms. The molecule has 0 N–H and O–H groups in total. The summed E-state index contributed by atoms with van der Waals surface area (Å²) < 4.78 is 0.564. The molecular weight excluding hydrogens is 294 g/mol. The van der Waals surface area contributed by atoms with Gasteiger partial charge in [0, 0.05) is 0 Å². The summed E-state index contributed by atoms with van der Waals surface area (Å²) in [7, 11) is 0. The van der Waals surface area contributed by atoms with Gasteiger partial charge in [0.1, 0.15) is 0 Å². The van der Waals surface area contributed by atoms with Crippen molar-refractivity contribution < 1.29 is 0 Å². The van der Waals surface area contributed by atoms with Crippen LogP contribution in [0.3, 0.4) is 0 Å². The standard InChI is InChI=1S/C18H25NS2/c1-2-3-4-5-6-7-16-13-20-18(21-14-16)17-10-8-15(12-19)9-11-17/h8-11,16,18H,2-7,13-14H2,1H3. The van der Waals surface area contributed by atoms with Gasteiger partial charge in [-0.2, -0.15) is 5.26 Å². The highest BCUT2D eigenvalue weighted by atomic mass is 32.2. The Labute approximate surface area is 137 Å². The van der Waals surface area contributed by atoms with E-state index in [4.69, 9.17) is 5.26 Å². The van der Waals surface area contributed by atoms with Crippen LogP contribution in [0.5, 0.6) is 0 Å². The Balaban J connectivity index is 1.69. The Morgan fingerprint density at radius 1 is 1.05 bits per heavy atom. The zero-order valence-electron chi connectivity index (χ0n) is 12.9. The lowest BCUT2D eigenvalue weighted by atomic mass is 10.0. The molecule has 1 aliphatic rings. The molecule has 1 nitrogen and oxygen atoms in total. The van der Waals surface area contributed by atoms with Gasteiger partial charge >= 0.3 is 0 Å². The summed E-state index contributed by atoms with van der Waals surface area (Å²) >= 11 is 4.17. The second-order valence-electron chi connectivity index (χ2n) is 5.80. The number of benzene rings is 1. The van der Waals surface area contributed by atoms with Crippen LogP contribution in [0.2, 0.25) is 0 Å². The minimum Gasteiger partial charge on any atom is -0.192 e. The summed E-state index contributed by atoms with van der Waals surface area (Å²) in [5.74, 6) is 3.49. The minimum absolute atomic E-state index is 0.564. The monoisotopic (exact) mass is 319 g/mol. The van der Waals surface area contributed by atoms with E-state index in [0.717, 1.165) is 11.5 Å². The van der Waals surface area contributed by atoms with Gasteiger partial charge in [-0.1, -0.05) is 51.2 Å². The van der Waals surface area contributed by atoms with Gasteiger partial charge in [-0.25, -0.2) is 0 Å². The normalized spacial score (nSPS) is 21.9. The third-order valence-corrected chi connectivity index (χ3v) is 7.29. The molecule has 0 unspecified atom stereocenters. The Morgan fingerprint density at radius 3 is 2.33 bits per heavy atom.